The van der Waals surface area contributed by atoms with E-state index in [0.717, 1.165) is 51.1 Å². The van der Waals surface area contributed by atoms with Gasteiger partial charge in [-0.2, -0.15) is 0 Å². The van der Waals surface area contributed by atoms with Crippen molar-refractivity contribution in [2.75, 3.05) is 32.8 Å². The molecule has 2 fully saturated rings. The fourth-order valence-electron chi connectivity index (χ4n) is 4.01. The standard InChI is InChI=1S/C20H29FN2O2/c1-15(2)18(23-10-12-25-13-11-23)14-22-19(24)20(8-3-9-20)16-4-6-17(21)7-5-16/h4-7,15,18H,3,8-14H2,1-2H3,(H,22,24). The summed E-state index contributed by atoms with van der Waals surface area (Å²) in [5.74, 6) is 0.289. The topological polar surface area (TPSA) is 41.6 Å². The van der Waals surface area contributed by atoms with E-state index >= 15 is 0 Å². The van der Waals surface area contributed by atoms with Gasteiger partial charge in [0, 0.05) is 25.7 Å². The van der Waals surface area contributed by atoms with Crippen LogP contribution in [-0.4, -0.2) is 49.7 Å². The van der Waals surface area contributed by atoms with E-state index in [4.69, 9.17) is 4.74 Å². The van der Waals surface area contributed by atoms with Gasteiger partial charge < -0.3 is 10.1 Å². The number of halogens is 1. The van der Waals surface area contributed by atoms with Gasteiger partial charge in [0.05, 0.1) is 18.6 Å². The van der Waals surface area contributed by atoms with E-state index in [1.807, 2.05) is 0 Å². The first kappa shape index (κ1) is 18.3. The third-order valence-corrected chi connectivity index (χ3v) is 5.79. The van der Waals surface area contributed by atoms with Crippen LogP contribution < -0.4 is 5.32 Å². The average molecular weight is 348 g/mol. The number of morpholine rings is 1. The molecular formula is C20H29FN2O2. The Morgan fingerprint density at radius 3 is 2.40 bits per heavy atom. The molecule has 1 saturated carbocycles. The SMILES string of the molecule is CC(C)C(CNC(=O)C1(c2ccc(F)cc2)CCC1)N1CCOCC1. The van der Waals surface area contributed by atoms with E-state index in [9.17, 15) is 9.18 Å². The van der Waals surface area contributed by atoms with E-state index < -0.39 is 5.41 Å². The molecule has 1 heterocycles. The molecule has 1 aliphatic heterocycles. The van der Waals surface area contributed by atoms with Gasteiger partial charge in [0.25, 0.3) is 0 Å². The van der Waals surface area contributed by atoms with E-state index in [2.05, 4.69) is 24.1 Å². The zero-order valence-electron chi connectivity index (χ0n) is 15.3. The van der Waals surface area contributed by atoms with Gasteiger partial charge >= 0.3 is 0 Å². The molecule has 1 amide bonds. The lowest BCUT2D eigenvalue weighted by molar-refractivity contribution is -0.130. The van der Waals surface area contributed by atoms with Crippen molar-refractivity contribution < 1.29 is 13.9 Å². The maximum atomic E-state index is 13.2. The van der Waals surface area contributed by atoms with Crippen LogP contribution in [0.3, 0.4) is 0 Å². The Labute approximate surface area is 149 Å². The Morgan fingerprint density at radius 1 is 1.24 bits per heavy atom. The van der Waals surface area contributed by atoms with Gasteiger partial charge in [0.15, 0.2) is 0 Å². The first-order valence-electron chi connectivity index (χ1n) is 9.39. The Balaban J connectivity index is 1.66. The van der Waals surface area contributed by atoms with Crippen molar-refractivity contribution in [3.8, 4) is 0 Å². The van der Waals surface area contributed by atoms with Crippen LogP contribution in [0.15, 0.2) is 24.3 Å². The number of nitrogens with one attached hydrogen (secondary N) is 1. The largest absolute Gasteiger partial charge is 0.379 e. The lowest BCUT2D eigenvalue weighted by Gasteiger charge is -2.42. The Hall–Kier alpha value is -1.46. The van der Waals surface area contributed by atoms with Crippen LogP contribution in [0.5, 0.6) is 0 Å². The zero-order valence-corrected chi connectivity index (χ0v) is 15.3. The highest BCUT2D eigenvalue weighted by atomic mass is 19.1. The number of carbonyl (C=O) groups excluding carboxylic acids is 1. The zero-order chi connectivity index (χ0) is 17.9. The fraction of sp³-hybridized carbons (Fsp3) is 0.650. The molecule has 5 heteroatoms. The van der Waals surface area contributed by atoms with E-state index in [0.29, 0.717) is 18.5 Å². The molecule has 0 spiro atoms. The van der Waals surface area contributed by atoms with Gasteiger partial charge in [-0.25, -0.2) is 4.39 Å². The second kappa shape index (κ2) is 7.83. The van der Waals surface area contributed by atoms with E-state index in [-0.39, 0.29) is 11.7 Å². The lowest BCUT2D eigenvalue weighted by Crippen LogP contribution is -2.55. The van der Waals surface area contributed by atoms with Crippen molar-refractivity contribution in [3.05, 3.63) is 35.6 Å². The smallest absolute Gasteiger partial charge is 0.230 e. The summed E-state index contributed by atoms with van der Waals surface area (Å²) in [5.41, 5.74) is 0.463. The molecule has 25 heavy (non-hydrogen) atoms. The molecule has 1 N–H and O–H groups in total. The van der Waals surface area contributed by atoms with Gasteiger partial charge in [0.1, 0.15) is 5.82 Å². The second-order valence-corrected chi connectivity index (χ2v) is 7.61. The van der Waals surface area contributed by atoms with Crippen LogP contribution in [0.25, 0.3) is 0 Å². The molecule has 1 atom stereocenters. The third kappa shape index (κ3) is 3.87. The summed E-state index contributed by atoms with van der Waals surface area (Å²) in [6.45, 7) is 8.41. The van der Waals surface area contributed by atoms with Crippen LogP contribution in [0.4, 0.5) is 4.39 Å². The maximum absolute atomic E-state index is 13.2. The van der Waals surface area contributed by atoms with Gasteiger partial charge in [-0.15, -0.1) is 0 Å². The van der Waals surface area contributed by atoms with Crippen LogP contribution in [-0.2, 0) is 14.9 Å². The predicted octanol–water partition coefficient (Wildman–Crippen LogP) is 2.72. The minimum absolute atomic E-state index is 0.0873. The molecule has 0 bridgehead atoms. The minimum Gasteiger partial charge on any atom is -0.379 e. The molecule has 1 unspecified atom stereocenters. The van der Waals surface area contributed by atoms with Gasteiger partial charge in [-0.05, 0) is 36.5 Å². The number of carbonyl (C=O) groups is 1. The summed E-state index contributed by atoms with van der Waals surface area (Å²) in [4.78, 5) is 15.4. The predicted molar refractivity (Wildman–Crippen MR) is 96.0 cm³/mol. The van der Waals surface area contributed by atoms with E-state index in [1.165, 1.54) is 12.1 Å². The fourth-order valence-corrected chi connectivity index (χ4v) is 4.01. The molecule has 4 nitrogen and oxygen atoms in total. The van der Waals surface area contributed by atoms with E-state index in [1.54, 1.807) is 12.1 Å². The Kier molecular flexibility index (Phi) is 5.74. The molecule has 138 valence electrons. The Bertz CT molecular complexity index is 578. The molecular weight excluding hydrogens is 319 g/mol. The molecule has 2 aliphatic rings. The number of ether oxygens (including phenoxy) is 1. The van der Waals surface area contributed by atoms with Crippen molar-refractivity contribution in [2.45, 2.75) is 44.6 Å². The molecule has 0 radical (unpaired) electrons. The molecule has 1 aliphatic carbocycles. The van der Waals surface area contributed by atoms with Crippen LogP contribution in [0.1, 0.15) is 38.7 Å². The molecule has 3 rings (SSSR count). The van der Waals surface area contributed by atoms with Crippen LogP contribution >= 0.6 is 0 Å². The first-order chi connectivity index (χ1) is 12.0. The highest BCUT2D eigenvalue weighted by molar-refractivity contribution is 5.89. The van der Waals surface area contributed by atoms with Gasteiger partial charge in [0.2, 0.25) is 5.91 Å². The minimum atomic E-state index is -0.472. The molecule has 1 saturated heterocycles. The molecule has 0 aromatic heterocycles. The van der Waals surface area contributed by atoms with Crippen LogP contribution in [0.2, 0.25) is 0 Å². The van der Waals surface area contributed by atoms with Gasteiger partial charge in [-0.3, -0.25) is 9.69 Å². The average Bonchev–Trinajstić information content (AvgIpc) is 2.56. The maximum Gasteiger partial charge on any atom is 0.230 e. The van der Waals surface area contributed by atoms with Crippen molar-refractivity contribution in [1.82, 2.24) is 10.2 Å². The number of nitrogens with zero attached hydrogens (tertiary/aromatic N) is 1. The number of amides is 1. The summed E-state index contributed by atoms with van der Waals surface area (Å²) in [5, 5.41) is 3.20. The number of rotatable bonds is 6. The highest BCUT2D eigenvalue weighted by Crippen LogP contribution is 2.44. The molecule has 1 aromatic rings. The monoisotopic (exact) mass is 348 g/mol. The number of hydrogen-bond donors (Lipinski definition) is 1. The molecule has 1 aromatic carbocycles. The summed E-state index contributed by atoms with van der Waals surface area (Å²) < 4.78 is 18.7. The number of hydrogen-bond acceptors (Lipinski definition) is 3. The van der Waals surface area contributed by atoms with Crippen molar-refractivity contribution in [2.24, 2.45) is 5.92 Å². The summed E-state index contributed by atoms with van der Waals surface area (Å²) in [6, 6.07) is 6.74. The van der Waals surface area contributed by atoms with Crippen molar-refractivity contribution >= 4 is 5.91 Å². The summed E-state index contributed by atoms with van der Waals surface area (Å²) in [7, 11) is 0. The van der Waals surface area contributed by atoms with Gasteiger partial charge in [-0.1, -0.05) is 32.4 Å². The summed E-state index contributed by atoms with van der Waals surface area (Å²) in [6.07, 6.45) is 2.73. The quantitative estimate of drug-likeness (QED) is 0.859. The third-order valence-electron chi connectivity index (χ3n) is 5.79. The number of benzene rings is 1. The first-order valence-corrected chi connectivity index (χ1v) is 9.39. The highest BCUT2D eigenvalue weighted by Gasteiger charge is 2.45. The van der Waals surface area contributed by atoms with Crippen molar-refractivity contribution in [3.63, 3.8) is 0 Å². The summed E-state index contributed by atoms with van der Waals surface area (Å²) >= 11 is 0. The second-order valence-electron chi connectivity index (χ2n) is 7.61. The van der Waals surface area contributed by atoms with Crippen molar-refractivity contribution in [1.29, 1.82) is 0 Å². The normalized spacial score (nSPS) is 21.6. The van der Waals surface area contributed by atoms with Crippen LogP contribution in [0, 0.1) is 11.7 Å². The Morgan fingerprint density at radius 2 is 1.88 bits per heavy atom. The lowest BCUT2D eigenvalue weighted by atomic mass is 9.64.